The molecule has 3 rings (SSSR count). The predicted octanol–water partition coefficient (Wildman–Crippen LogP) is 1.20. The number of amides is 3. The van der Waals surface area contributed by atoms with Gasteiger partial charge in [0.1, 0.15) is 0 Å². The maximum Gasteiger partial charge on any atom is 0.416 e. The number of alkyl halides is 3. The lowest BCUT2D eigenvalue weighted by Crippen LogP contribution is -3.06. The molecule has 2 aliphatic heterocycles. The Labute approximate surface area is 167 Å². The number of carbonyl (C=O) groups is 2. The van der Waals surface area contributed by atoms with Crippen molar-refractivity contribution >= 4 is 11.9 Å². The highest BCUT2D eigenvalue weighted by Gasteiger charge is 2.44. The van der Waals surface area contributed by atoms with E-state index in [4.69, 9.17) is 0 Å². The van der Waals surface area contributed by atoms with Crippen LogP contribution < -0.4 is 10.2 Å². The molecule has 0 spiro atoms. The summed E-state index contributed by atoms with van der Waals surface area (Å²) in [5.74, 6) is -0.208. The number of nitrogens with one attached hydrogen (secondary N) is 2. The van der Waals surface area contributed by atoms with Crippen LogP contribution in [-0.2, 0) is 11.0 Å². The number of likely N-dealkylation sites (N-methyl/N-ethyl adjacent to an activating group) is 1. The van der Waals surface area contributed by atoms with Crippen LogP contribution in [0, 0.1) is 0 Å². The molecular weight excluding hydrogens is 385 g/mol. The molecule has 0 bridgehead atoms. The summed E-state index contributed by atoms with van der Waals surface area (Å²) in [6.45, 7) is 5.44. The fourth-order valence-electron chi connectivity index (χ4n) is 3.52. The van der Waals surface area contributed by atoms with Crippen molar-refractivity contribution in [3.63, 3.8) is 0 Å². The number of hydrogen-bond acceptors (Lipinski definition) is 2. The first kappa shape index (κ1) is 20.9. The lowest BCUT2D eigenvalue weighted by molar-refractivity contribution is -0.857. The minimum Gasteiger partial charge on any atom is -0.338 e. The molecule has 0 aliphatic carbocycles. The molecule has 0 radical (unpaired) electrons. The van der Waals surface area contributed by atoms with Gasteiger partial charge in [0.2, 0.25) is 0 Å². The SMILES string of the molecule is C=CCN1C(=O)N[C@H](c2ccc(C(F)(F)F)cc2)C2=C1CN(CC[NH+](C)C)C2=O. The number of halogens is 3. The van der Waals surface area contributed by atoms with Gasteiger partial charge in [0.15, 0.2) is 0 Å². The Kier molecular flexibility index (Phi) is 5.70. The molecule has 1 atom stereocenters. The lowest BCUT2D eigenvalue weighted by Gasteiger charge is -2.33. The highest BCUT2D eigenvalue weighted by Crippen LogP contribution is 2.37. The van der Waals surface area contributed by atoms with Crippen LogP contribution in [0.2, 0.25) is 0 Å². The molecule has 29 heavy (non-hydrogen) atoms. The molecule has 2 heterocycles. The molecular formula is C20H24F3N4O2+. The van der Waals surface area contributed by atoms with Crippen LogP contribution in [0.15, 0.2) is 48.2 Å². The van der Waals surface area contributed by atoms with E-state index in [-0.39, 0.29) is 12.5 Å². The van der Waals surface area contributed by atoms with Gasteiger partial charge in [0, 0.05) is 6.54 Å². The zero-order valence-electron chi connectivity index (χ0n) is 16.3. The van der Waals surface area contributed by atoms with Gasteiger partial charge in [-0.1, -0.05) is 18.2 Å². The van der Waals surface area contributed by atoms with Crippen molar-refractivity contribution < 1.29 is 27.7 Å². The number of benzene rings is 1. The highest BCUT2D eigenvalue weighted by atomic mass is 19.4. The van der Waals surface area contributed by atoms with Gasteiger partial charge in [-0.05, 0) is 17.7 Å². The minimum absolute atomic E-state index is 0.208. The summed E-state index contributed by atoms with van der Waals surface area (Å²) in [4.78, 5) is 30.0. The third-order valence-corrected chi connectivity index (χ3v) is 5.06. The van der Waals surface area contributed by atoms with Gasteiger partial charge in [0.25, 0.3) is 5.91 Å². The largest absolute Gasteiger partial charge is 0.416 e. The molecule has 2 aliphatic rings. The topological polar surface area (TPSA) is 57.1 Å². The first-order chi connectivity index (χ1) is 13.6. The molecule has 156 valence electrons. The summed E-state index contributed by atoms with van der Waals surface area (Å²) in [6, 6.07) is 3.35. The third kappa shape index (κ3) is 4.14. The van der Waals surface area contributed by atoms with Crippen molar-refractivity contribution in [2.45, 2.75) is 12.2 Å². The molecule has 0 fully saturated rings. The maximum absolute atomic E-state index is 13.1. The van der Waals surface area contributed by atoms with Crippen molar-refractivity contribution in [2.75, 3.05) is 40.3 Å². The number of nitrogens with zero attached hydrogens (tertiary/aromatic N) is 2. The van der Waals surface area contributed by atoms with E-state index in [1.807, 2.05) is 14.1 Å². The van der Waals surface area contributed by atoms with E-state index >= 15 is 0 Å². The Morgan fingerprint density at radius 2 is 1.90 bits per heavy atom. The van der Waals surface area contributed by atoms with E-state index < -0.39 is 23.8 Å². The average Bonchev–Trinajstić information content (AvgIpc) is 2.98. The van der Waals surface area contributed by atoms with Crippen LogP contribution in [-0.4, -0.2) is 62.0 Å². The first-order valence-corrected chi connectivity index (χ1v) is 9.31. The normalized spacial score (nSPS) is 19.7. The molecule has 1 aromatic carbocycles. The van der Waals surface area contributed by atoms with Crippen molar-refractivity contribution in [2.24, 2.45) is 0 Å². The Balaban J connectivity index is 1.96. The van der Waals surface area contributed by atoms with Crippen LogP contribution in [0.1, 0.15) is 17.2 Å². The monoisotopic (exact) mass is 409 g/mol. The van der Waals surface area contributed by atoms with Crippen molar-refractivity contribution in [1.82, 2.24) is 15.1 Å². The third-order valence-electron chi connectivity index (χ3n) is 5.06. The maximum atomic E-state index is 13.1. The van der Waals surface area contributed by atoms with Gasteiger partial charge in [-0.25, -0.2) is 4.79 Å². The first-order valence-electron chi connectivity index (χ1n) is 9.31. The molecule has 6 nitrogen and oxygen atoms in total. The molecule has 0 saturated heterocycles. The van der Waals surface area contributed by atoms with E-state index in [1.165, 1.54) is 21.9 Å². The van der Waals surface area contributed by atoms with E-state index in [0.29, 0.717) is 29.9 Å². The summed E-state index contributed by atoms with van der Waals surface area (Å²) in [6.07, 6.45) is -2.88. The Morgan fingerprint density at radius 3 is 2.45 bits per heavy atom. The zero-order chi connectivity index (χ0) is 21.3. The van der Waals surface area contributed by atoms with Crippen LogP contribution >= 0.6 is 0 Å². The van der Waals surface area contributed by atoms with Gasteiger partial charge in [-0.3, -0.25) is 9.69 Å². The summed E-state index contributed by atoms with van der Waals surface area (Å²) >= 11 is 0. The van der Waals surface area contributed by atoms with Crippen molar-refractivity contribution in [3.05, 3.63) is 59.3 Å². The molecule has 2 N–H and O–H groups in total. The van der Waals surface area contributed by atoms with Gasteiger partial charge in [-0.2, -0.15) is 13.2 Å². The smallest absolute Gasteiger partial charge is 0.338 e. The fourth-order valence-corrected chi connectivity index (χ4v) is 3.52. The molecule has 1 aromatic rings. The van der Waals surface area contributed by atoms with Crippen LogP contribution in [0.4, 0.5) is 18.0 Å². The van der Waals surface area contributed by atoms with Crippen LogP contribution in [0.25, 0.3) is 0 Å². The Hall–Kier alpha value is -2.81. The summed E-state index contributed by atoms with van der Waals surface area (Å²) in [7, 11) is 3.96. The van der Waals surface area contributed by atoms with Gasteiger partial charge in [-0.15, -0.1) is 6.58 Å². The number of hydrogen-bond donors (Lipinski definition) is 2. The van der Waals surface area contributed by atoms with E-state index in [9.17, 15) is 22.8 Å². The second kappa shape index (κ2) is 7.90. The Bertz CT molecular complexity index is 846. The second-order valence-corrected chi connectivity index (χ2v) is 7.45. The second-order valence-electron chi connectivity index (χ2n) is 7.45. The van der Waals surface area contributed by atoms with Gasteiger partial charge < -0.3 is 15.1 Å². The molecule has 9 heteroatoms. The molecule has 0 unspecified atom stereocenters. The lowest BCUT2D eigenvalue weighted by atomic mass is 9.94. The van der Waals surface area contributed by atoms with E-state index in [1.54, 1.807) is 11.0 Å². The summed E-state index contributed by atoms with van der Waals surface area (Å²) in [5, 5.41) is 2.76. The zero-order valence-corrected chi connectivity index (χ0v) is 16.3. The Morgan fingerprint density at radius 1 is 1.24 bits per heavy atom. The number of urea groups is 1. The highest BCUT2D eigenvalue weighted by molar-refractivity contribution is 6.01. The molecule has 0 saturated carbocycles. The number of carbonyl (C=O) groups excluding carboxylic acids is 2. The number of quaternary nitrogens is 1. The predicted molar refractivity (Wildman–Crippen MR) is 101 cm³/mol. The van der Waals surface area contributed by atoms with Gasteiger partial charge in [0.05, 0.1) is 56.6 Å². The van der Waals surface area contributed by atoms with Gasteiger partial charge >= 0.3 is 12.2 Å². The van der Waals surface area contributed by atoms with Crippen LogP contribution in [0.5, 0.6) is 0 Å². The van der Waals surface area contributed by atoms with E-state index in [2.05, 4.69) is 11.9 Å². The summed E-state index contributed by atoms with van der Waals surface area (Å²) in [5.41, 5.74) is 0.641. The van der Waals surface area contributed by atoms with Crippen molar-refractivity contribution in [1.29, 1.82) is 0 Å². The summed E-state index contributed by atoms with van der Waals surface area (Å²) < 4.78 is 38.6. The average molecular weight is 409 g/mol. The fraction of sp³-hybridized carbons (Fsp3) is 0.400. The molecule has 0 aromatic heterocycles. The van der Waals surface area contributed by atoms with Crippen molar-refractivity contribution in [3.8, 4) is 0 Å². The van der Waals surface area contributed by atoms with E-state index in [0.717, 1.165) is 18.7 Å². The standard InChI is InChI=1S/C20H23F3N4O2/c1-4-9-27-15-12-26(11-10-25(2)3)18(28)16(15)17(24-19(27)29)13-5-7-14(8-6-13)20(21,22)23/h4-8,17H,1,9-12H2,2-3H3,(H,24,29)/p+1/t17-/m1/s1. The minimum atomic E-state index is -4.45. The number of rotatable bonds is 6. The van der Waals surface area contributed by atoms with Crippen LogP contribution in [0.3, 0.4) is 0 Å². The quantitative estimate of drug-likeness (QED) is 0.694. The molecule has 3 amide bonds.